The lowest BCUT2D eigenvalue weighted by molar-refractivity contribution is 0.0754. The quantitative estimate of drug-likeness (QED) is 0.902. The van der Waals surface area contributed by atoms with Gasteiger partial charge >= 0.3 is 0 Å². The van der Waals surface area contributed by atoms with Gasteiger partial charge in [0, 0.05) is 0 Å². The Hall–Kier alpha value is -1.23. The summed E-state index contributed by atoms with van der Waals surface area (Å²) in [5, 5.41) is 9.12. The zero-order valence-corrected chi connectivity index (χ0v) is 9.95. The predicted molar refractivity (Wildman–Crippen MR) is 62.5 cm³/mol. The number of aromatic hydroxyl groups is 1. The van der Waals surface area contributed by atoms with E-state index in [4.69, 9.17) is 5.11 Å². The van der Waals surface area contributed by atoms with Crippen LogP contribution in [0.3, 0.4) is 0 Å². The first-order valence-electron chi connectivity index (χ1n) is 6.05. The van der Waals surface area contributed by atoms with E-state index in [-0.39, 0.29) is 18.2 Å². The van der Waals surface area contributed by atoms with Gasteiger partial charge in [0.25, 0.3) is 6.43 Å². The molecule has 1 aliphatic heterocycles. The van der Waals surface area contributed by atoms with E-state index in [0.29, 0.717) is 13.1 Å². The Morgan fingerprint density at radius 2 is 1.94 bits per heavy atom. The Labute approximate surface area is 104 Å². The van der Waals surface area contributed by atoms with Crippen LogP contribution in [0.25, 0.3) is 0 Å². The Morgan fingerprint density at radius 3 is 2.50 bits per heavy atom. The number of piperidine rings is 1. The van der Waals surface area contributed by atoms with Crippen LogP contribution in [0, 0.1) is 5.82 Å². The van der Waals surface area contributed by atoms with Crippen molar-refractivity contribution >= 4 is 0 Å². The highest BCUT2D eigenvalue weighted by atomic mass is 19.3. The lowest BCUT2D eigenvalue weighted by Crippen LogP contribution is -2.36. The van der Waals surface area contributed by atoms with Crippen LogP contribution < -0.4 is 0 Å². The minimum Gasteiger partial charge on any atom is -0.505 e. The molecule has 0 bridgehead atoms. The van der Waals surface area contributed by atoms with Crippen molar-refractivity contribution in [3.05, 3.63) is 29.6 Å². The highest BCUT2D eigenvalue weighted by Gasteiger charge is 2.22. The van der Waals surface area contributed by atoms with E-state index in [0.717, 1.165) is 18.4 Å². The molecule has 18 heavy (non-hydrogen) atoms. The molecule has 1 heterocycles. The minimum absolute atomic E-state index is 0.184. The number of phenols is 1. The van der Waals surface area contributed by atoms with Crippen LogP contribution in [-0.4, -0.2) is 36.1 Å². The van der Waals surface area contributed by atoms with Crippen molar-refractivity contribution in [1.29, 1.82) is 0 Å². The lowest BCUT2D eigenvalue weighted by Gasteiger charge is -2.31. The van der Waals surface area contributed by atoms with E-state index >= 15 is 0 Å². The number of likely N-dealkylation sites (tertiary alicyclic amines) is 1. The van der Waals surface area contributed by atoms with Crippen molar-refractivity contribution in [3.8, 4) is 5.75 Å². The first kappa shape index (κ1) is 13.2. The summed E-state index contributed by atoms with van der Waals surface area (Å²) < 4.78 is 37.7. The standard InChI is InChI=1S/C13H16F3NO/c14-11-7-10(1-2-12(11)18)9-3-5-17(6-4-9)8-13(15)16/h1-2,7,9,13,18H,3-6,8H2. The Kier molecular flexibility index (Phi) is 4.11. The van der Waals surface area contributed by atoms with Gasteiger partial charge in [-0.25, -0.2) is 13.2 Å². The van der Waals surface area contributed by atoms with Gasteiger partial charge in [0.1, 0.15) is 0 Å². The van der Waals surface area contributed by atoms with Gasteiger partial charge in [-0.15, -0.1) is 0 Å². The van der Waals surface area contributed by atoms with E-state index in [9.17, 15) is 13.2 Å². The maximum absolute atomic E-state index is 13.2. The second-order valence-electron chi connectivity index (χ2n) is 4.68. The van der Waals surface area contributed by atoms with Crippen LogP contribution in [0.2, 0.25) is 0 Å². The number of rotatable bonds is 3. The fourth-order valence-corrected chi connectivity index (χ4v) is 2.42. The molecule has 5 heteroatoms. The maximum Gasteiger partial charge on any atom is 0.251 e. The van der Waals surface area contributed by atoms with E-state index in [1.54, 1.807) is 11.0 Å². The van der Waals surface area contributed by atoms with Gasteiger partial charge in [0.2, 0.25) is 0 Å². The largest absolute Gasteiger partial charge is 0.505 e. The normalized spacial score (nSPS) is 18.4. The van der Waals surface area contributed by atoms with Gasteiger partial charge in [0.05, 0.1) is 6.54 Å². The predicted octanol–water partition coefficient (Wildman–Crippen LogP) is 2.98. The zero-order valence-electron chi connectivity index (χ0n) is 9.95. The first-order chi connectivity index (χ1) is 8.56. The highest BCUT2D eigenvalue weighted by Crippen LogP contribution is 2.30. The van der Waals surface area contributed by atoms with Crippen molar-refractivity contribution in [1.82, 2.24) is 4.90 Å². The zero-order chi connectivity index (χ0) is 13.1. The molecule has 1 saturated heterocycles. The summed E-state index contributed by atoms with van der Waals surface area (Å²) in [6, 6.07) is 4.38. The lowest BCUT2D eigenvalue weighted by atomic mass is 9.89. The summed E-state index contributed by atoms with van der Waals surface area (Å²) in [7, 11) is 0. The molecule has 100 valence electrons. The third kappa shape index (κ3) is 3.16. The molecule has 0 aliphatic carbocycles. The smallest absolute Gasteiger partial charge is 0.251 e. The molecule has 1 aromatic rings. The maximum atomic E-state index is 13.2. The SMILES string of the molecule is Oc1ccc(C2CCN(CC(F)F)CC2)cc1F. The fraction of sp³-hybridized carbons (Fsp3) is 0.538. The Balaban J connectivity index is 1.94. The molecule has 2 nitrogen and oxygen atoms in total. The molecule has 1 N–H and O–H groups in total. The van der Waals surface area contributed by atoms with E-state index in [1.165, 1.54) is 12.1 Å². The van der Waals surface area contributed by atoms with Gasteiger partial charge in [-0.1, -0.05) is 6.07 Å². The number of hydrogen-bond donors (Lipinski definition) is 1. The summed E-state index contributed by atoms with van der Waals surface area (Å²) in [6.45, 7) is 1.03. The molecule has 0 saturated carbocycles. The average molecular weight is 259 g/mol. The van der Waals surface area contributed by atoms with Gasteiger partial charge in [-0.2, -0.15) is 0 Å². The highest BCUT2D eigenvalue weighted by molar-refractivity contribution is 5.30. The van der Waals surface area contributed by atoms with Crippen molar-refractivity contribution in [2.24, 2.45) is 0 Å². The molecule has 1 aromatic carbocycles. The molecule has 0 unspecified atom stereocenters. The van der Waals surface area contributed by atoms with Crippen molar-refractivity contribution < 1.29 is 18.3 Å². The summed E-state index contributed by atoms with van der Waals surface area (Å²) in [4.78, 5) is 1.73. The number of nitrogens with zero attached hydrogens (tertiary/aromatic N) is 1. The van der Waals surface area contributed by atoms with Gasteiger partial charge in [-0.05, 0) is 49.5 Å². The second kappa shape index (κ2) is 5.61. The molecule has 0 radical (unpaired) electrons. The Morgan fingerprint density at radius 1 is 1.28 bits per heavy atom. The molecular weight excluding hydrogens is 243 g/mol. The summed E-state index contributed by atoms with van der Waals surface area (Å²) in [5.41, 5.74) is 0.835. The van der Waals surface area contributed by atoms with Crippen LogP contribution in [-0.2, 0) is 0 Å². The van der Waals surface area contributed by atoms with E-state index in [1.807, 2.05) is 0 Å². The van der Waals surface area contributed by atoms with Crippen molar-refractivity contribution in [3.63, 3.8) is 0 Å². The fourth-order valence-electron chi connectivity index (χ4n) is 2.42. The third-order valence-corrected chi connectivity index (χ3v) is 3.43. The third-order valence-electron chi connectivity index (χ3n) is 3.43. The van der Waals surface area contributed by atoms with E-state index < -0.39 is 12.2 Å². The van der Waals surface area contributed by atoms with Crippen molar-refractivity contribution in [2.75, 3.05) is 19.6 Å². The number of hydrogen-bond acceptors (Lipinski definition) is 2. The van der Waals surface area contributed by atoms with Crippen LogP contribution in [0.5, 0.6) is 5.75 Å². The molecule has 0 aromatic heterocycles. The van der Waals surface area contributed by atoms with E-state index in [2.05, 4.69) is 0 Å². The number of halogens is 3. The van der Waals surface area contributed by atoms with Crippen LogP contribution >= 0.6 is 0 Å². The van der Waals surface area contributed by atoms with Gasteiger partial charge in [-0.3, -0.25) is 4.90 Å². The molecule has 0 spiro atoms. The monoisotopic (exact) mass is 259 g/mol. The average Bonchev–Trinajstić information content (AvgIpc) is 2.33. The molecule has 1 aliphatic rings. The summed E-state index contributed by atoms with van der Waals surface area (Å²) in [6.07, 6.45) is -0.805. The number of phenolic OH excluding ortho intramolecular Hbond substituents is 1. The van der Waals surface area contributed by atoms with Crippen LogP contribution in [0.15, 0.2) is 18.2 Å². The Bertz CT molecular complexity index is 403. The van der Waals surface area contributed by atoms with Gasteiger partial charge in [0.15, 0.2) is 11.6 Å². The number of alkyl halides is 2. The molecular formula is C13H16F3NO. The molecule has 0 amide bonds. The first-order valence-corrected chi connectivity index (χ1v) is 6.05. The van der Waals surface area contributed by atoms with Crippen LogP contribution in [0.4, 0.5) is 13.2 Å². The van der Waals surface area contributed by atoms with Crippen LogP contribution in [0.1, 0.15) is 24.3 Å². The molecule has 1 fully saturated rings. The summed E-state index contributed by atoms with van der Waals surface area (Å²) in [5.74, 6) is -0.787. The second-order valence-corrected chi connectivity index (χ2v) is 4.68. The minimum atomic E-state index is -2.30. The summed E-state index contributed by atoms with van der Waals surface area (Å²) >= 11 is 0. The number of benzene rings is 1. The van der Waals surface area contributed by atoms with Gasteiger partial charge < -0.3 is 5.11 Å². The topological polar surface area (TPSA) is 23.5 Å². The molecule has 2 rings (SSSR count). The van der Waals surface area contributed by atoms with Crippen molar-refractivity contribution in [2.45, 2.75) is 25.2 Å². The molecule has 0 atom stereocenters.